The monoisotopic (exact) mass is 271 g/mol. The van der Waals surface area contributed by atoms with E-state index in [-0.39, 0.29) is 25.0 Å². The number of carbonyl (C=O) groups excluding carboxylic acids is 1. The van der Waals surface area contributed by atoms with Gasteiger partial charge in [0.2, 0.25) is 5.91 Å². The number of hydrogen-bond acceptors (Lipinski definition) is 4. The molecule has 0 aromatic carbocycles. The Kier molecular flexibility index (Phi) is 5.31. The molecule has 0 aromatic heterocycles. The molecule has 0 aliphatic carbocycles. The number of piperidine rings is 1. The molecule has 110 valence electrons. The second-order valence-electron chi connectivity index (χ2n) is 6.16. The molecule has 3 N–H and O–H groups in total. The molecular weight excluding hydrogens is 246 g/mol. The molecule has 0 atom stereocenters. The Labute approximate surface area is 114 Å². The van der Waals surface area contributed by atoms with Crippen molar-refractivity contribution in [1.29, 1.82) is 0 Å². The van der Waals surface area contributed by atoms with Crippen LogP contribution < -0.4 is 5.73 Å². The normalized spacial score (nSPS) is 18.3. The maximum absolute atomic E-state index is 12.3. The number of likely N-dealkylation sites (tertiary alicyclic amines) is 1. The van der Waals surface area contributed by atoms with E-state index in [4.69, 9.17) is 10.8 Å². The van der Waals surface area contributed by atoms with Crippen molar-refractivity contribution in [3.05, 3.63) is 0 Å². The van der Waals surface area contributed by atoms with Crippen molar-refractivity contribution in [3.8, 4) is 0 Å². The Morgan fingerprint density at radius 1 is 1.32 bits per heavy atom. The number of carboxylic acid groups (broad SMARTS) is 1. The Morgan fingerprint density at radius 3 is 2.26 bits per heavy atom. The van der Waals surface area contributed by atoms with E-state index >= 15 is 0 Å². The third kappa shape index (κ3) is 5.16. The van der Waals surface area contributed by atoms with Crippen molar-refractivity contribution in [2.45, 2.75) is 45.2 Å². The van der Waals surface area contributed by atoms with E-state index in [0.29, 0.717) is 0 Å². The fourth-order valence-corrected chi connectivity index (χ4v) is 2.22. The molecule has 0 radical (unpaired) electrons. The van der Waals surface area contributed by atoms with E-state index < -0.39 is 11.5 Å². The minimum Gasteiger partial charge on any atom is -0.480 e. The summed E-state index contributed by atoms with van der Waals surface area (Å²) in [6, 6.07) is 0.226. The number of hydrogen-bond donors (Lipinski definition) is 2. The molecule has 0 aromatic rings. The van der Waals surface area contributed by atoms with E-state index in [1.807, 2.05) is 25.7 Å². The van der Waals surface area contributed by atoms with Crippen molar-refractivity contribution >= 4 is 11.9 Å². The fourth-order valence-electron chi connectivity index (χ4n) is 2.22. The van der Waals surface area contributed by atoms with Crippen LogP contribution in [0.1, 0.15) is 33.6 Å². The van der Waals surface area contributed by atoms with Gasteiger partial charge in [0.05, 0.1) is 6.54 Å². The molecule has 19 heavy (non-hydrogen) atoms. The van der Waals surface area contributed by atoms with Crippen molar-refractivity contribution in [3.63, 3.8) is 0 Å². The van der Waals surface area contributed by atoms with Crippen LogP contribution in [0.3, 0.4) is 0 Å². The van der Waals surface area contributed by atoms with E-state index in [1.165, 1.54) is 4.90 Å². The van der Waals surface area contributed by atoms with Crippen LogP contribution in [0.15, 0.2) is 0 Å². The molecular formula is C13H25N3O3. The standard InChI is InChI=1S/C13H25N3O3/c1-13(2,3)16(9-12(18)19)11(17)8-15-6-4-10(14)5-7-15/h10H,4-9,14H2,1-3H3,(H,18,19). The van der Waals surface area contributed by atoms with E-state index in [1.54, 1.807) is 0 Å². The SMILES string of the molecule is CC(C)(C)N(CC(=O)O)C(=O)CN1CCC(N)CC1. The van der Waals surface area contributed by atoms with Gasteiger partial charge >= 0.3 is 5.97 Å². The number of carboxylic acids is 1. The maximum atomic E-state index is 12.3. The summed E-state index contributed by atoms with van der Waals surface area (Å²) < 4.78 is 0. The zero-order valence-corrected chi connectivity index (χ0v) is 12.1. The largest absolute Gasteiger partial charge is 0.480 e. The van der Waals surface area contributed by atoms with Gasteiger partial charge < -0.3 is 15.7 Å². The van der Waals surface area contributed by atoms with Gasteiger partial charge in [0.1, 0.15) is 6.54 Å². The topological polar surface area (TPSA) is 86.9 Å². The lowest BCUT2D eigenvalue weighted by Crippen LogP contribution is -2.53. The molecule has 1 heterocycles. The summed E-state index contributed by atoms with van der Waals surface area (Å²) in [6.07, 6.45) is 1.78. The van der Waals surface area contributed by atoms with Gasteiger partial charge in [0.15, 0.2) is 0 Å². The van der Waals surface area contributed by atoms with E-state index in [2.05, 4.69) is 0 Å². The highest BCUT2D eigenvalue weighted by Gasteiger charge is 2.30. The van der Waals surface area contributed by atoms with Crippen LogP contribution >= 0.6 is 0 Å². The number of nitrogens with two attached hydrogens (primary N) is 1. The van der Waals surface area contributed by atoms with Gasteiger partial charge in [-0.15, -0.1) is 0 Å². The summed E-state index contributed by atoms with van der Waals surface area (Å²) in [5, 5.41) is 8.91. The first-order valence-corrected chi connectivity index (χ1v) is 6.70. The molecule has 0 bridgehead atoms. The number of nitrogens with zero attached hydrogens (tertiary/aromatic N) is 2. The molecule has 6 heteroatoms. The molecule has 1 rings (SSSR count). The average molecular weight is 271 g/mol. The highest BCUT2D eigenvalue weighted by Crippen LogP contribution is 2.15. The summed E-state index contributed by atoms with van der Waals surface area (Å²) >= 11 is 0. The predicted octanol–water partition coefficient (Wildman–Crippen LogP) is 0.121. The molecule has 0 saturated carbocycles. The minimum absolute atomic E-state index is 0.134. The molecule has 1 amide bonds. The second kappa shape index (κ2) is 6.34. The first-order chi connectivity index (χ1) is 8.70. The van der Waals surface area contributed by atoms with Gasteiger partial charge in [-0.25, -0.2) is 0 Å². The molecule has 6 nitrogen and oxygen atoms in total. The van der Waals surface area contributed by atoms with Gasteiger partial charge in [0, 0.05) is 24.7 Å². The Morgan fingerprint density at radius 2 is 1.84 bits per heavy atom. The van der Waals surface area contributed by atoms with E-state index in [0.717, 1.165) is 25.9 Å². The van der Waals surface area contributed by atoms with Crippen molar-refractivity contribution in [2.24, 2.45) is 5.73 Å². The lowest BCUT2D eigenvalue weighted by Gasteiger charge is -2.37. The van der Waals surface area contributed by atoms with E-state index in [9.17, 15) is 9.59 Å². The van der Waals surface area contributed by atoms with Crippen LogP contribution in [0.2, 0.25) is 0 Å². The van der Waals surface area contributed by atoms with Gasteiger partial charge in [-0.2, -0.15) is 0 Å². The maximum Gasteiger partial charge on any atom is 0.323 e. The highest BCUT2D eigenvalue weighted by atomic mass is 16.4. The van der Waals surface area contributed by atoms with Crippen LogP contribution in [0, 0.1) is 0 Å². The molecule has 1 aliphatic heterocycles. The molecule has 1 fully saturated rings. The smallest absolute Gasteiger partial charge is 0.323 e. The molecule has 1 saturated heterocycles. The van der Waals surface area contributed by atoms with Crippen LogP contribution in [0.25, 0.3) is 0 Å². The average Bonchev–Trinajstić information content (AvgIpc) is 2.27. The van der Waals surface area contributed by atoms with Gasteiger partial charge in [0.25, 0.3) is 0 Å². The zero-order valence-electron chi connectivity index (χ0n) is 12.1. The summed E-state index contributed by atoms with van der Waals surface area (Å²) in [6.45, 7) is 7.17. The number of aliphatic carboxylic acids is 1. The number of carbonyl (C=O) groups is 2. The molecule has 0 spiro atoms. The quantitative estimate of drug-likeness (QED) is 0.758. The van der Waals surface area contributed by atoms with Crippen molar-refractivity contribution in [2.75, 3.05) is 26.2 Å². The third-order valence-electron chi connectivity index (χ3n) is 3.40. The van der Waals surface area contributed by atoms with Gasteiger partial charge in [-0.3, -0.25) is 14.5 Å². The third-order valence-corrected chi connectivity index (χ3v) is 3.40. The van der Waals surface area contributed by atoms with Gasteiger partial charge in [-0.05, 0) is 33.6 Å². The van der Waals surface area contributed by atoms with Crippen LogP contribution in [-0.2, 0) is 9.59 Å². The highest BCUT2D eigenvalue weighted by molar-refractivity contribution is 5.83. The molecule has 1 aliphatic rings. The van der Waals surface area contributed by atoms with Crippen molar-refractivity contribution in [1.82, 2.24) is 9.80 Å². The number of amides is 1. The second-order valence-corrected chi connectivity index (χ2v) is 6.16. The Hall–Kier alpha value is -1.14. The first-order valence-electron chi connectivity index (χ1n) is 6.70. The minimum atomic E-state index is -0.982. The van der Waals surface area contributed by atoms with Crippen molar-refractivity contribution < 1.29 is 14.7 Å². The summed E-state index contributed by atoms with van der Waals surface area (Å²) in [4.78, 5) is 26.6. The van der Waals surface area contributed by atoms with Gasteiger partial charge in [-0.1, -0.05) is 0 Å². The summed E-state index contributed by atoms with van der Waals surface area (Å²) in [5.41, 5.74) is 5.34. The summed E-state index contributed by atoms with van der Waals surface area (Å²) in [5.74, 6) is -1.12. The van der Waals surface area contributed by atoms with Crippen LogP contribution in [0.5, 0.6) is 0 Å². The predicted molar refractivity (Wildman–Crippen MR) is 72.8 cm³/mol. The Bertz CT molecular complexity index is 331. The summed E-state index contributed by atoms with van der Waals surface area (Å²) in [7, 11) is 0. The lowest BCUT2D eigenvalue weighted by atomic mass is 10.0. The first kappa shape index (κ1) is 15.9. The lowest BCUT2D eigenvalue weighted by molar-refractivity contribution is -0.149. The fraction of sp³-hybridized carbons (Fsp3) is 0.846. The number of rotatable bonds is 4. The zero-order chi connectivity index (χ0) is 14.6. The molecule has 0 unspecified atom stereocenters. The van der Waals surface area contributed by atoms with Crippen LogP contribution in [-0.4, -0.2) is 64.5 Å². The van der Waals surface area contributed by atoms with Crippen LogP contribution in [0.4, 0.5) is 0 Å². The Balaban J connectivity index is 2.59.